The van der Waals surface area contributed by atoms with Crippen molar-refractivity contribution < 1.29 is 29.0 Å². The lowest BCUT2D eigenvalue weighted by molar-refractivity contribution is -0.136. The van der Waals surface area contributed by atoms with Crippen LogP contribution in [0, 0.1) is 0 Å². The molecule has 1 heterocycles. The van der Waals surface area contributed by atoms with E-state index < -0.39 is 11.9 Å². The van der Waals surface area contributed by atoms with Gasteiger partial charge in [-0.3, -0.25) is 9.59 Å². The highest BCUT2D eigenvalue weighted by molar-refractivity contribution is 6.09. The molecule has 0 spiro atoms. The Balaban J connectivity index is 1.79. The molecule has 0 bridgehead atoms. The number of carbonyl (C=O) groups excluding carboxylic acids is 3. The molecule has 3 N–H and O–H groups in total. The second-order valence-electron chi connectivity index (χ2n) is 6.68. The van der Waals surface area contributed by atoms with Crippen molar-refractivity contribution in [3.63, 3.8) is 0 Å². The number of ether oxygens (including phenoxy) is 2. The second kappa shape index (κ2) is 9.77. The van der Waals surface area contributed by atoms with Gasteiger partial charge in [0.15, 0.2) is 0 Å². The van der Waals surface area contributed by atoms with Crippen molar-refractivity contribution >= 4 is 29.2 Å². The third-order valence-corrected chi connectivity index (χ3v) is 4.70. The Morgan fingerprint density at radius 1 is 1.10 bits per heavy atom. The molecule has 0 saturated carbocycles. The van der Waals surface area contributed by atoms with Gasteiger partial charge in [0, 0.05) is 23.5 Å². The van der Waals surface area contributed by atoms with Crippen molar-refractivity contribution in [3.05, 3.63) is 65.4 Å². The lowest BCUT2D eigenvalue weighted by atomic mass is 10.1. The van der Waals surface area contributed by atoms with E-state index >= 15 is 0 Å². The first kappa shape index (κ1) is 21.8. The summed E-state index contributed by atoms with van der Waals surface area (Å²) in [6.07, 6.45) is 0. The van der Waals surface area contributed by atoms with Gasteiger partial charge in [0.05, 0.1) is 32.9 Å². The molecule has 1 aliphatic heterocycles. The summed E-state index contributed by atoms with van der Waals surface area (Å²) in [5.41, 5.74) is 1.64. The van der Waals surface area contributed by atoms with Crippen LogP contribution in [0.5, 0.6) is 5.75 Å². The predicted molar refractivity (Wildman–Crippen MR) is 114 cm³/mol. The van der Waals surface area contributed by atoms with Crippen LogP contribution in [0.1, 0.15) is 10.4 Å². The van der Waals surface area contributed by atoms with Crippen molar-refractivity contribution in [3.8, 4) is 5.75 Å². The summed E-state index contributed by atoms with van der Waals surface area (Å²) in [5, 5.41) is 14.9. The maximum absolute atomic E-state index is 12.6. The number of methoxy groups -OCH3 is 2. The van der Waals surface area contributed by atoms with Crippen molar-refractivity contribution in [2.24, 2.45) is 0 Å². The first-order valence-electron chi connectivity index (χ1n) is 9.51. The van der Waals surface area contributed by atoms with E-state index in [0.29, 0.717) is 22.7 Å². The molecule has 0 unspecified atom stereocenters. The molecule has 162 valence electrons. The highest BCUT2D eigenvalue weighted by Crippen LogP contribution is 2.23. The number of amides is 2. The van der Waals surface area contributed by atoms with Crippen LogP contribution >= 0.6 is 0 Å². The molecule has 1 aliphatic rings. The highest BCUT2D eigenvalue weighted by Gasteiger charge is 2.34. The fraction of sp³-hybridized carbons (Fsp3) is 0.227. The average Bonchev–Trinajstić information content (AvgIpc) is 3.09. The molecule has 0 fully saturated rings. The number of nitrogens with zero attached hydrogens (tertiary/aromatic N) is 1. The second-order valence-corrected chi connectivity index (χ2v) is 6.68. The minimum atomic E-state index is -0.635. The number of aliphatic hydroxyl groups is 1. The van der Waals surface area contributed by atoms with Gasteiger partial charge in [0.1, 0.15) is 11.4 Å². The van der Waals surface area contributed by atoms with E-state index in [9.17, 15) is 14.4 Å². The van der Waals surface area contributed by atoms with Crippen LogP contribution in [0.3, 0.4) is 0 Å². The Morgan fingerprint density at radius 2 is 1.84 bits per heavy atom. The van der Waals surface area contributed by atoms with Gasteiger partial charge in [0.25, 0.3) is 11.8 Å². The van der Waals surface area contributed by atoms with Gasteiger partial charge in [-0.05, 0) is 42.5 Å². The van der Waals surface area contributed by atoms with Gasteiger partial charge in [-0.2, -0.15) is 0 Å². The minimum absolute atomic E-state index is 0.0338. The molecule has 31 heavy (non-hydrogen) atoms. The van der Waals surface area contributed by atoms with Crippen molar-refractivity contribution in [2.45, 2.75) is 0 Å². The fourth-order valence-corrected chi connectivity index (χ4v) is 3.11. The first-order chi connectivity index (χ1) is 15.0. The van der Waals surface area contributed by atoms with Crippen molar-refractivity contribution in [1.82, 2.24) is 4.90 Å². The molecule has 2 aromatic rings. The van der Waals surface area contributed by atoms with Crippen LogP contribution in [0.4, 0.5) is 11.4 Å². The number of hydrogen-bond acceptors (Lipinski definition) is 7. The Hall–Kier alpha value is -3.85. The summed E-state index contributed by atoms with van der Waals surface area (Å²) in [4.78, 5) is 38.7. The van der Waals surface area contributed by atoms with E-state index in [1.54, 1.807) is 55.6 Å². The molecule has 2 amide bonds. The molecular formula is C22H23N3O6. The van der Waals surface area contributed by atoms with Crippen LogP contribution in [-0.2, 0) is 14.3 Å². The number of benzene rings is 2. The molecular weight excluding hydrogens is 402 g/mol. The van der Waals surface area contributed by atoms with E-state index in [2.05, 4.69) is 10.6 Å². The number of aliphatic hydroxyl groups excluding tert-OH is 1. The SMILES string of the molecule is COC(=O)C1=C(Nc2cccc(C(=O)Nc3ccc(OC)cc3)c2)C(=O)N(CCO)C1. The maximum Gasteiger partial charge on any atom is 0.337 e. The number of nitrogens with one attached hydrogen (secondary N) is 2. The van der Waals surface area contributed by atoms with Crippen LogP contribution in [0.25, 0.3) is 0 Å². The normalized spacial score (nSPS) is 13.3. The smallest absolute Gasteiger partial charge is 0.337 e. The zero-order valence-electron chi connectivity index (χ0n) is 17.2. The van der Waals surface area contributed by atoms with Crippen LogP contribution < -0.4 is 15.4 Å². The van der Waals surface area contributed by atoms with Gasteiger partial charge in [-0.15, -0.1) is 0 Å². The number of hydrogen-bond donors (Lipinski definition) is 3. The molecule has 0 saturated heterocycles. The fourth-order valence-electron chi connectivity index (χ4n) is 3.11. The minimum Gasteiger partial charge on any atom is -0.497 e. The number of anilines is 2. The zero-order valence-corrected chi connectivity index (χ0v) is 17.2. The Morgan fingerprint density at radius 3 is 2.48 bits per heavy atom. The summed E-state index contributed by atoms with van der Waals surface area (Å²) in [6, 6.07) is 13.5. The first-order valence-corrected chi connectivity index (χ1v) is 9.51. The van der Waals surface area contributed by atoms with Crippen molar-refractivity contribution in [2.75, 3.05) is 44.5 Å². The predicted octanol–water partition coefficient (Wildman–Crippen LogP) is 1.62. The number of β-amino-alcohol motifs (C(OH)–C–C–N with tert-alkyl or cyclic N) is 1. The van der Waals surface area contributed by atoms with E-state index in [-0.39, 0.29) is 36.9 Å². The van der Waals surface area contributed by atoms with Gasteiger partial charge in [-0.25, -0.2) is 4.79 Å². The molecule has 9 nitrogen and oxygen atoms in total. The summed E-state index contributed by atoms with van der Waals surface area (Å²) >= 11 is 0. The molecule has 0 radical (unpaired) electrons. The average molecular weight is 425 g/mol. The molecule has 0 aliphatic carbocycles. The van der Waals surface area contributed by atoms with E-state index in [1.165, 1.54) is 12.0 Å². The molecule has 0 atom stereocenters. The standard InChI is InChI=1S/C22H23N3O6/c1-30-17-8-6-15(7-9-17)24-20(27)14-4-3-5-16(12-14)23-19-18(22(29)31-2)13-25(10-11-26)21(19)28/h3-9,12,23,26H,10-11,13H2,1-2H3,(H,24,27). The molecule has 3 rings (SSSR count). The van der Waals surface area contributed by atoms with Gasteiger partial charge >= 0.3 is 5.97 Å². The van der Waals surface area contributed by atoms with E-state index in [1.807, 2.05) is 0 Å². The largest absolute Gasteiger partial charge is 0.497 e. The van der Waals surface area contributed by atoms with Gasteiger partial charge in [-0.1, -0.05) is 6.07 Å². The maximum atomic E-state index is 12.6. The van der Waals surface area contributed by atoms with Crippen LogP contribution in [0.15, 0.2) is 59.8 Å². The number of carbonyl (C=O) groups is 3. The van der Waals surface area contributed by atoms with Gasteiger partial charge < -0.3 is 30.1 Å². The summed E-state index contributed by atoms with van der Waals surface area (Å²) in [5.74, 6) is -0.724. The topological polar surface area (TPSA) is 117 Å². The summed E-state index contributed by atoms with van der Waals surface area (Å²) in [7, 11) is 2.79. The number of rotatable bonds is 8. The third-order valence-electron chi connectivity index (χ3n) is 4.70. The quantitative estimate of drug-likeness (QED) is 0.550. The van der Waals surface area contributed by atoms with Gasteiger partial charge in [0.2, 0.25) is 0 Å². The van der Waals surface area contributed by atoms with Crippen LogP contribution in [-0.4, -0.2) is 61.7 Å². The Labute approximate surface area is 179 Å². The van der Waals surface area contributed by atoms with Crippen molar-refractivity contribution in [1.29, 1.82) is 0 Å². The van der Waals surface area contributed by atoms with E-state index in [0.717, 1.165) is 0 Å². The summed E-state index contributed by atoms with van der Waals surface area (Å²) in [6.45, 7) is -0.102. The number of esters is 1. The summed E-state index contributed by atoms with van der Waals surface area (Å²) < 4.78 is 9.87. The highest BCUT2D eigenvalue weighted by atomic mass is 16.5. The molecule has 0 aromatic heterocycles. The van der Waals surface area contributed by atoms with E-state index in [4.69, 9.17) is 14.6 Å². The lowest BCUT2D eigenvalue weighted by Gasteiger charge is -2.15. The monoisotopic (exact) mass is 425 g/mol. The van der Waals surface area contributed by atoms with Crippen LogP contribution in [0.2, 0.25) is 0 Å². The molecule has 2 aromatic carbocycles. The Kier molecular flexibility index (Phi) is 6.88. The third kappa shape index (κ3) is 5.01. The molecule has 9 heteroatoms. The lowest BCUT2D eigenvalue weighted by Crippen LogP contribution is -2.31. The zero-order chi connectivity index (χ0) is 22.4. The Bertz CT molecular complexity index is 1020.